The molecule has 0 fully saturated rings. The summed E-state index contributed by atoms with van der Waals surface area (Å²) < 4.78 is 36.6. The Hall–Kier alpha value is -3.20. The fourth-order valence-electron chi connectivity index (χ4n) is 2.65. The van der Waals surface area contributed by atoms with Crippen molar-refractivity contribution >= 4 is 11.5 Å². The number of halogens is 2. The fourth-order valence-corrected chi connectivity index (χ4v) is 2.65. The van der Waals surface area contributed by atoms with E-state index in [-0.39, 0.29) is 18.1 Å². The van der Waals surface area contributed by atoms with Gasteiger partial charge in [0, 0.05) is 29.7 Å². The molecule has 0 spiro atoms. The van der Waals surface area contributed by atoms with Crippen molar-refractivity contribution in [1.29, 1.82) is 0 Å². The van der Waals surface area contributed by atoms with Gasteiger partial charge in [-0.3, -0.25) is 4.98 Å². The monoisotopic (exact) mass is 360 g/mol. The van der Waals surface area contributed by atoms with Crippen LogP contribution >= 0.6 is 0 Å². The second-order valence-corrected chi connectivity index (χ2v) is 5.70. The Morgan fingerprint density at radius 2 is 1.96 bits per heavy atom. The van der Waals surface area contributed by atoms with Gasteiger partial charge in [-0.2, -0.15) is 0 Å². The standard InChI is InChI=1S/C17H14F2N4O3/c1-10-6-12(4-5-20-10)23-13(9-24)8-16(22-23)21-11-2-3-14-15(7-11)26-17(18,19)25-14/h2-8,24H,9H2,1H3,(H,21,22). The van der Waals surface area contributed by atoms with Crippen LogP contribution in [0.4, 0.5) is 20.3 Å². The van der Waals surface area contributed by atoms with Gasteiger partial charge in [-0.25, -0.2) is 4.68 Å². The topological polar surface area (TPSA) is 81.4 Å². The lowest BCUT2D eigenvalue weighted by Gasteiger charge is -2.06. The zero-order chi connectivity index (χ0) is 18.3. The normalized spacial score (nSPS) is 14.5. The molecule has 1 aliphatic rings. The summed E-state index contributed by atoms with van der Waals surface area (Å²) in [4.78, 5) is 4.13. The van der Waals surface area contributed by atoms with Crippen molar-refractivity contribution in [3.05, 3.63) is 54.0 Å². The Kier molecular flexibility index (Phi) is 3.73. The molecule has 1 aromatic carbocycles. The molecule has 0 aliphatic carbocycles. The van der Waals surface area contributed by atoms with Crippen LogP contribution in [-0.2, 0) is 6.61 Å². The number of anilines is 2. The number of rotatable bonds is 4. The van der Waals surface area contributed by atoms with E-state index in [1.165, 1.54) is 12.1 Å². The first-order chi connectivity index (χ1) is 12.4. The highest BCUT2D eigenvalue weighted by Crippen LogP contribution is 2.42. The number of alkyl halides is 2. The number of aryl methyl sites for hydroxylation is 1. The van der Waals surface area contributed by atoms with E-state index < -0.39 is 6.29 Å². The third-order valence-corrected chi connectivity index (χ3v) is 3.74. The molecule has 9 heteroatoms. The Balaban J connectivity index is 1.62. The maximum absolute atomic E-state index is 13.1. The molecule has 2 N–H and O–H groups in total. The number of ether oxygens (including phenoxy) is 2. The molecule has 3 aromatic rings. The quantitative estimate of drug-likeness (QED) is 0.744. The molecule has 26 heavy (non-hydrogen) atoms. The van der Waals surface area contributed by atoms with Crippen LogP contribution in [0.25, 0.3) is 5.69 Å². The van der Waals surface area contributed by atoms with Crippen LogP contribution in [0.1, 0.15) is 11.4 Å². The maximum Gasteiger partial charge on any atom is 0.586 e. The number of nitrogens with zero attached hydrogens (tertiary/aromatic N) is 3. The second kappa shape index (κ2) is 5.95. The van der Waals surface area contributed by atoms with Crippen LogP contribution in [0.2, 0.25) is 0 Å². The number of aromatic nitrogens is 3. The summed E-state index contributed by atoms with van der Waals surface area (Å²) in [5, 5.41) is 17.0. The molecule has 1 aliphatic heterocycles. The van der Waals surface area contributed by atoms with Gasteiger partial charge in [0.05, 0.1) is 18.0 Å². The summed E-state index contributed by atoms with van der Waals surface area (Å²) in [5.74, 6) is 0.343. The molecular weight excluding hydrogens is 346 g/mol. The lowest BCUT2D eigenvalue weighted by molar-refractivity contribution is -0.286. The minimum atomic E-state index is -3.66. The molecule has 0 amide bonds. The number of nitrogens with one attached hydrogen (secondary N) is 1. The molecule has 7 nitrogen and oxygen atoms in total. The van der Waals surface area contributed by atoms with Gasteiger partial charge >= 0.3 is 6.29 Å². The molecular formula is C17H14F2N4O3. The van der Waals surface area contributed by atoms with Crippen LogP contribution < -0.4 is 14.8 Å². The second-order valence-electron chi connectivity index (χ2n) is 5.70. The Labute approximate surface area is 146 Å². The SMILES string of the molecule is Cc1cc(-n2nc(Nc3ccc4c(c3)OC(F)(F)O4)cc2CO)ccn1. The summed E-state index contributed by atoms with van der Waals surface area (Å²) in [6.45, 7) is 1.64. The Bertz CT molecular complexity index is 974. The number of benzene rings is 1. The van der Waals surface area contributed by atoms with Crippen LogP contribution in [0.3, 0.4) is 0 Å². The van der Waals surface area contributed by atoms with Crippen molar-refractivity contribution in [3.8, 4) is 17.2 Å². The molecule has 0 saturated heterocycles. The average molecular weight is 360 g/mol. The third-order valence-electron chi connectivity index (χ3n) is 3.74. The molecule has 134 valence electrons. The van der Waals surface area contributed by atoms with E-state index in [2.05, 4.69) is 24.9 Å². The first kappa shape index (κ1) is 16.3. The van der Waals surface area contributed by atoms with Crippen LogP contribution in [-0.4, -0.2) is 26.2 Å². The third kappa shape index (κ3) is 3.04. The fraction of sp³-hybridized carbons (Fsp3) is 0.176. The predicted octanol–water partition coefficient (Wildman–Crippen LogP) is 3.13. The minimum Gasteiger partial charge on any atom is -0.395 e. The van der Waals surface area contributed by atoms with Crippen molar-refractivity contribution in [2.75, 3.05) is 5.32 Å². The largest absolute Gasteiger partial charge is 0.586 e. The Morgan fingerprint density at radius 3 is 2.73 bits per heavy atom. The van der Waals surface area contributed by atoms with E-state index in [1.807, 2.05) is 13.0 Å². The molecule has 4 rings (SSSR count). The summed E-state index contributed by atoms with van der Waals surface area (Å²) in [6.07, 6.45) is -2.01. The van der Waals surface area contributed by atoms with E-state index in [1.54, 1.807) is 29.1 Å². The summed E-state index contributed by atoms with van der Waals surface area (Å²) in [6, 6.07) is 9.61. The summed E-state index contributed by atoms with van der Waals surface area (Å²) in [7, 11) is 0. The van der Waals surface area contributed by atoms with Gasteiger partial charge in [0.2, 0.25) is 0 Å². The first-order valence-electron chi connectivity index (χ1n) is 7.73. The zero-order valence-corrected chi connectivity index (χ0v) is 13.6. The molecule has 2 aromatic heterocycles. The molecule has 3 heterocycles. The minimum absolute atomic E-state index is 0.0330. The number of hydrogen-bond donors (Lipinski definition) is 2. The van der Waals surface area contributed by atoms with E-state index in [4.69, 9.17) is 0 Å². The lowest BCUT2D eigenvalue weighted by atomic mass is 10.3. The number of aliphatic hydroxyl groups excluding tert-OH is 1. The predicted molar refractivity (Wildman–Crippen MR) is 87.9 cm³/mol. The van der Waals surface area contributed by atoms with Crippen molar-refractivity contribution in [1.82, 2.24) is 14.8 Å². The van der Waals surface area contributed by atoms with E-state index in [0.29, 0.717) is 17.2 Å². The van der Waals surface area contributed by atoms with Gasteiger partial charge in [0.15, 0.2) is 17.3 Å². The highest BCUT2D eigenvalue weighted by Gasteiger charge is 2.43. The van der Waals surface area contributed by atoms with Crippen molar-refractivity contribution in [2.45, 2.75) is 19.8 Å². The van der Waals surface area contributed by atoms with E-state index in [0.717, 1.165) is 11.4 Å². The van der Waals surface area contributed by atoms with Crippen LogP contribution in [0.15, 0.2) is 42.6 Å². The van der Waals surface area contributed by atoms with Gasteiger partial charge in [-0.05, 0) is 31.2 Å². The van der Waals surface area contributed by atoms with E-state index in [9.17, 15) is 13.9 Å². The van der Waals surface area contributed by atoms with Gasteiger partial charge in [-0.1, -0.05) is 0 Å². The molecule has 0 bridgehead atoms. The molecule has 0 saturated carbocycles. The van der Waals surface area contributed by atoms with Gasteiger partial charge in [0.25, 0.3) is 0 Å². The Morgan fingerprint density at radius 1 is 1.15 bits per heavy atom. The van der Waals surface area contributed by atoms with Crippen molar-refractivity contribution in [2.24, 2.45) is 0 Å². The summed E-state index contributed by atoms with van der Waals surface area (Å²) >= 11 is 0. The number of pyridine rings is 1. The van der Waals surface area contributed by atoms with Crippen molar-refractivity contribution < 1.29 is 23.4 Å². The maximum atomic E-state index is 13.1. The molecule has 0 unspecified atom stereocenters. The van der Waals surface area contributed by atoms with Crippen molar-refractivity contribution in [3.63, 3.8) is 0 Å². The van der Waals surface area contributed by atoms with Crippen LogP contribution in [0.5, 0.6) is 11.5 Å². The van der Waals surface area contributed by atoms with Crippen LogP contribution in [0, 0.1) is 6.92 Å². The highest BCUT2D eigenvalue weighted by molar-refractivity contribution is 5.62. The summed E-state index contributed by atoms with van der Waals surface area (Å²) in [5.41, 5.74) is 2.61. The zero-order valence-electron chi connectivity index (χ0n) is 13.6. The smallest absolute Gasteiger partial charge is 0.395 e. The van der Waals surface area contributed by atoms with Gasteiger partial charge < -0.3 is 19.9 Å². The first-order valence-corrected chi connectivity index (χ1v) is 7.73. The number of aliphatic hydroxyl groups is 1. The van der Waals surface area contributed by atoms with E-state index >= 15 is 0 Å². The molecule has 0 radical (unpaired) electrons. The highest BCUT2D eigenvalue weighted by atomic mass is 19.3. The number of fused-ring (bicyclic) bond motifs is 1. The number of hydrogen-bond acceptors (Lipinski definition) is 6. The lowest BCUT2D eigenvalue weighted by Crippen LogP contribution is -2.25. The molecule has 0 atom stereocenters. The van der Waals surface area contributed by atoms with Gasteiger partial charge in [0.1, 0.15) is 0 Å². The van der Waals surface area contributed by atoms with Gasteiger partial charge in [-0.15, -0.1) is 13.9 Å². The average Bonchev–Trinajstić information content (AvgIpc) is 3.13.